The zero-order valence-electron chi connectivity index (χ0n) is 23.3. The van der Waals surface area contributed by atoms with Gasteiger partial charge >= 0.3 is 12.2 Å². The summed E-state index contributed by atoms with van der Waals surface area (Å²) in [5.74, 6) is -4.30. The van der Waals surface area contributed by atoms with Crippen molar-refractivity contribution in [3.63, 3.8) is 0 Å². The normalized spacial score (nSPS) is 27.7. The minimum absolute atomic E-state index is 0.0117. The zero-order valence-corrected chi connectivity index (χ0v) is 23.3. The second kappa shape index (κ2) is 10.8. The van der Waals surface area contributed by atoms with Crippen LogP contribution in [-0.4, -0.2) is 95.2 Å². The lowest BCUT2D eigenvalue weighted by Crippen LogP contribution is -2.56. The summed E-state index contributed by atoms with van der Waals surface area (Å²) >= 11 is 0. The number of benzene rings is 1. The average molecular weight is 598 g/mol. The van der Waals surface area contributed by atoms with Crippen molar-refractivity contribution in [1.82, 2.24) is 9.80 Å². The van der Waals surface area contributed by atoms with Crippen LogP contribution in [0.4, 0.5) is 15.3 Å². The van der Waals surface area contributed by atoms with E-state index in [2.05, 4.69) is 5.32 Å². The molecule has 16 heteroatoms. The molecule has 0 bridgehead atoms. The summed E-state index contributed by atoms with van der Waals surface area (Å²) < 4.78 is 16.6. The van der Waals surface area contributed by atoms with Crippen molar-refractivity contribution in [2.24, 2.45) is 29.0 Å². The third-order valence-corrected chi connectivity index (χ3v) is 8.34. The number of carbonyl (C=O) groups excluding carboxylic acids is 6. The fourth-order valence-corrected chi connectivity index (χ4v) is 6.26. The quantitative estimate of drug-likeness (QED) is 0.215. The lowest BCUT2D eigenvalue weighted by Gasteiger charge is -2.40. The van der Waals surface area contributed by atoms with Crippen molar-refractivity contribution < 1.29 is 43.0 Å². The molecule has 228 valence electrons. The minimum Gasteiger partial charge on any atom is -0.449 e. The topological polar surface area (TPSA) is 250 Å². The summed E-state index contributed by atoms with van der Waals surface area (Å²) in [7, 11) is 1.37. The molecular formula is C27H31N7O9. The van der Waals surface area contributed by atoms with Crippen LogP contribution in [0, 0.1) is 17.2 Å². The molecule has 16 nitrogen and oxygen atoms in total. The molecule has 0 aromatic heterocycles. The molecule has 43 heavy (non-hydrogen) atoms. The summed E-state index contributed by atoms with van der Waals surface area (Å²) in [6.45, 7) is 1.13. The number of amides is 4. The molecule has 1 aliphatic carbocycles. The Morgan fingerprint density at radius 1 is 1.14 bits per heavy atom. The lowest BCUT2D eigenvalue weighted by molar-refractivity contribution is -0.145. The van der Waals surface area contributed by atoms with Gasteiger partial charge in [-0.05, 0) is 24.6 Å². The number of Topliss-reactive ketones (excluding diaryl/α,β-unsaturated/α-hetero) is 2. The number of hydrogen-bond acceptors (Lipinski definition) is 12. The van der Waals surface area contributed by atoms with Crippen LogP contribution >= 0.6 is 0 Å². The van der Waals surface area contributed by atoms with Crippen LogP contribution < -0.4 is 22.5 Å². The first kappa shape index (κ1) is 29.7. The van der Waals surface area contributed by atoms with Gasteiger partial charge in [0.25, 0.3) is 0 Å². The smallest absolute Gasteiger partial charge is 0.410 e. The summed E-state index contributed by atoms with van der Waals surface area (Å²) in [5, 5.41) is 10.8. The van der Waals surface area contributed by atoms with Gasteiger partial charge in [-0.15, -0.1) is 0 Å². The van der Waals surface area contributed by atoms with Crippen LogP contribution in [0.25, 0.3) is 0 Å². The maximum atomic E-state index is 13.3. The van der Waals surface area contributed by atoms with E-state index in [0.29, 0.717) is 11.3 Å². The first-order valence-electron chi connectivity index (χ1n) is 13.4. The highest BCUT2D eigenvalue weighted by atomic mass is 16.6. The highest BCUT2D eigenvalue weighted by Gasteiger charge is 2.78. The van der Waals surface area contributed by atoms with E-state index in [-0.39, 0.29) is 36.6 Å². The Bertz CT molecular complexity index is 1480. The number of hydrogen-bond donors (Lipinski definition) is 5. The van der Waals surface area contributed by atoms with Gasteiger partial charge in [0, 0.05) is 24.9 Å². The van der Waals surface area contributed by atoms with Crippen molar-refractivity contribution in [1.29, 1.82) is 5.41 Å². The number of ketones is 2. The number of methoxy groups -OCH3 is 1. The first-order chi connectivity index (χ1) is 20.3. The molecule has 6 atom stereocenters. The van der Waals surface area contributed by atoms with Crippen LogP contribution in [0.15, 0.2) is 35.5 Å². The lowest BCUT2D eigenvalue weighted by atomic mass is 9.79. The van der Waals surface area contributed by atoms with Gasteiger partial charge < -0.3 is 47.0 Å². The Hall–Kier alpha value is -4.83. The van der Waals surface area contributed by atoms with Gasteiger partial charge in [0.2, 0.25) is 17.6 Å². The molecule has 8 N–H and O–H groups in total. The monoisotopic (exact) mass is 597 g/mol. The van der Waals surface area contributed by atoms with Crippen LogP contribution in [0.5, 0.6) is 0 Å². The summed E-state index contributed by atoms with van der Waals surface area (Å²) in [6, 6.07) is 4.25. The van der Waals surface area contributed by atoms with Crippen molar-refractivity contribution in [2.45, 2.75) is 43.8 Å². The van der Waals surface area contributed by atoms with Crippen molar-refractivity contribution in [2.75, 3.05) is 25.6 Å². The van der Waals surface area contributed by atoms with E-state index in [9.17, 15) is 28.8 Å². The van der Waals surface area contributed by atoms with Gasteiger partial charge in [0.15, 0.2) is 11.5 Å². The SMILES string of the molecule is CO[C@]12C3[C@H](CN1C1=C(C(=O)C(=N)C(C)C1=O)[C@H]2COC(N)=O)N3C(=O)OCc1ccc(NC(=O)[C@@H](N)CC(N)=O)cc1. The van der Waals surface area contributed by atoms with Gasteiger partial charge in [0.1, 0.15) is 19.3 Å². The van der Waals surface area contributed by atoms with E-state index >= 15 is 0 Å². The van der Waals surface area contributed by atoms with Gasteiger partial charge in [-0.1, -0.05) is 12.1 Å². The fourth-order valence-electron chi connectivity index (χ4n) is 6.26. The van der Waals surface area contributed by atoms with E-state index in [1.165, 1.54) is 18.9 Å². The number of nitrogens with two attached hydrogens (primary N) is 3. The number of piperazine rings is 1. The van der Waals surface area contributed by atoms with Gasteiger partial charge in [0.05, 0.1) is 41.7 Å². The second-order valence-corrected chi connectivity index (χ2v) is 10.8. The van der Waals surface area contributed by atoms with Gasteiger partial charge in [-0.3, -0.25) is 24.1 Å². The maximum Gasteiger partial charge on any atom is 0.410 e. The molecule has 2 saturated heterocycles. The number of anilines is 1. The molecule has 4 aliphatic rings. The number of rotatable bonds is 9. The molecular weight excluding hydrogens is 566 g/mol. The summed E-state index contributed by atoms with van der Waals surface area (Å²) in [5.41, 5.74) is 15.2. The van der Waals surface area contributed by atoms with Crippen LogP contribution in [0.3, 0.4) is 0 Å². The third kappa shape index (κ3) is 4.77. The number of ether oxygens (including phenoxy) is 3. The fraction of sp³-hybridized carbons (Fsp3) is 0.444. The number of fused-ring (bicyclic) bond motifs is 4. The Labute approximate surface area is 244 Å². The molecule has 5 rings (SSSR count). The minimum atomic E-state index is -1.42. The molecule has 0 radical (unpaired) electrons. The largest absolute Gasteiger partial charge is 0.449 e. The Morgan fingerprint density at radius 3 is 2.42 bits per heavy atom. The average Bonchev–Trinajstić information content (AvgIpc) is 3.47. The number of nitrogens with zero attached hydrogens (tertiary/aromatic N) is 2. The van der Waals surface area contributed by atoms with E-state index in [4.69, 9.17) is 36.8 Å². The van der Waals surface area contributed by atoms with E-state index in [1.807, 2.05) is 0 Å². The second-order valence-electron chi connectivity index (χ2n) is 10.8. The first-order valence-corrected chi connectivity index (χ1v) is 13.4. The molecule has 3 aliphatic heterocycles. The Kier molecular flexibility index (Phi) is 7.43. The molecule has 0 spiro atoms. The van der Waals surface area contributed by atoms with Crippen LogP contribution in [-0.2, 0) is 40.0 Å². The van der Waals surface area contributed by atoms with Crippen LogP contribution in [0.1, 0.15) is 18.9 Å². The molecule has 2 fully saturated rings. The van der Waals surface area contributed by atoms with E-state index < -0.39 is 77.9 Å². The number of carbonyl (C=O) groups is 6. The predicted octanol–water partition coefficient (Wildman–Crippen LogP) is -1.04. The highest BCUT2D eigenvalue weighted by Crippen LogP contribution is 2.59. The van der Waals surface area contributed by atoms with Crippen molar-refractivity contribution in [3.05, 3.63) is 41.1 Å². The summed E-state index contributed by atoms with van der Waals surface area (Å²) in [6.07, 6.45) is -2.06. The maximum absolute atomic E-state index is 13.3. The van der Waals surface area contributed by atoms with E-state index in [0.717, 1.165) is 0 Å². The predicted molar refractivity (Wildman–Crippen MR) is 146 cm³/mol. The Morgan fingerprint density at radius 2 is 1.81 bits per heavy atom. The number of allylic oxidation sites excluding steroid dienone is 1. The Balaban J connectivity index is 1.28. The molecule has 2 unspecified atom stereocenters. The van der Waals surface area contributed by atoms with Crippen molar-refractivity contribution >= 4 is 47.0 Å². The zero-order chi connectivity index (χ0) is 31.4. The van der Waals surface area contributed by atoms with Gasteiger partial charge in [-0.2, -0.15) is 0 Å². The van der Waals surface area contributed by atoms with Gasteiger partial charge in [-0.25, -0.2) is 9.59 Å². The van der Waals surface area contributed by atoms with Crippen LogP contribution in [0.2, 0.25) is 0 Å². The molecule has 1 aromatic rings. The summed E-state index contributed by atoms with van der Waals surface area (Å²) in [4.78, 5) is 77.3. The van der Waals surface area contributed by atoms with E-state index in [1.54, 1.807) is 29.2 Å². The third-order valence-electron chi connectivity index (χ3n) is 8.34. The molecule has 0 saturated carbocycles. The molecule has 4 amide bonds. The highest BCUT2D eigenvalue weighted by molar-refractivity contribution is 6.52. The molecule has 1 aromatic carbocycles. The number of nitrogens with one attached hydrogen (secondary N) is 2. The number of primary amides is 2. The standard InChI is InChI=1S/C27H31N7O9/c1-11-19(30)22(37)18-14(10-42-25(31)39)27(41-2)23-16(8-33(27)20(18)21(11)36)34(23)26(40)43-9-12-3-5-13(6-4-12)32-24(38)15(28)7-17(29)35/h3-6,11,14-16,23,30H,7-10,28H2,1-2H3,(H2,29,35)(H2,31,39)(H,32,38)/t11?,14-,15+,16+,23?,27-,34?/m1/s1. The molecule has 3 heterocycles. The van der Waals surface area contributed by atoms with Crippen molar-refractivity contribution in [3.8, 4) is 0 Å².